The van der Waals surface area contributed by atoms with Crippen LogP contribution in [-0.4, -0.2) is 61.8 Å². The van der Waals surface area contributed by atoms with E-state index in [0.29, 0.717) is 6.10 Å². The summed E-state index contributed by atoms with van der Waals surface area (Å²) in [6.45, 7) is 8.49. The SMILES string of the molecule is CCN1CCN(C2CCC(OC)C2)CC1. The van der Waals surface area contributed by atoms with Crippen LogP contribution in [0.15, 0.2) is 0 Å². The summed E-state index contributed by atoms with van der Waals surface area (Å²) in [7, 11) is 1.85. The second kappa shape index (κ2) is 5.28. The van der Waals surface area contributed by atoms with Crippen molar-refractivity contribution in [2.45, 2.75) is 38.3 Å². The first-order valence-corrected chi connectivity index (χ1v) is 6.32. The predicted octanol–water partition coefficient (Wildman–Crippen LogP) is 1.19. The van der Waals surface area contributed by atoms with Gasteiger partial charge in [-0.1, -0.05) is 6.92 Å². The number of methoxy groups -OCH3 is 1. The van der Waals surface area contributed by atoms with Gasteiger partial charge in [-0.25, -0.2) is 0 Å². The van der Waals surface area contributed by atoms with Crippen LogP contribution in [0.25, 0.3) is 0 Å². The lowest BCUT2D eigenvalue weighted by molar-refractivity contribution is 0.0762. The van der Waals surface area contributed by atoms with Crippen molar-refractivity contribution in [1.29, 1.82) is 0 Å². The molecular weight excluding hydrogens is 188 g/mol. The molecule has 2 aliphatic rings. The zero-order valence-corrected chi connectivity index (χ0v) is 10.1. The summed E-state index contributed by atoms with van der Waals surface area (Å²) in [5.41, 5.74) is 0. The van der Waals surface area contributed by atoms with E-state index in [0.717, 1.165) is 6.04 Å². The molecule has 2 rings (SSSR count). The first-order valence-electron chi connectivity index (χ1n) is 6.32. The third kappa shape index (κ3) is 2.71. The number of rotatable bonds is 3. The average Bonchev–Trinajstić information content (AvgIpc) is 2.78. The predicted molar refractivity (Wildman–Crippen MR) is 62.1 cm³/mol. The molecule has 1 saturated heterocycles. The van der Waals surface area contributed by atoms with Crippen LogP contribution >= 0.6 is 0 Å². The second-order valence-electron chi connectivity index (χ2n) is 4.79. The molecule has 1 aliphatic carbocycles. The highest BCUT2D eigenvalue weighted by molar-refractivity contribution is 4.86. The summed E-state index contributed by atoms with van der Waals surface area (Å²) in [5.74, 6) is 0. The number of hydrogen-bond acceptors (Lipinski definition) is 3. The summed E-state index contributed by atoms with van der Waals surface area (Å²) in [5, 5.41) is 0. The second-order valence-corrected chi connectivity index (χ2v) is 4.79. The minimum absolute atomic E-state index is 0.527. The van der Waals surface area contributed by atoms with Crippen molar-refractivity contribution in [1.82, 2.24) is 9.80 Å². The Morgan fingerprint density at radius 2 is 1.87 bits per heavy atom. The van der Waals surface area contributed by atoms with Crippen molar-refractivity contribution in [2.24, 2.45) is 0 Å². The Labute approximate surface area is 93.4 Å². The van der Waals surface area contributed by atoms with Crippen LogP contribution in [0.2, 0.25) is 0 Å². The lowest BCUT2D eigenvalue weighted by Gasteiger charge is -2.37. The van der Waals surface area contributed by atoms with Crippen LogP contribution in [-0.2, 0) is 4.74 Å². The van der Waals surface area contributed by atoms with Gasteiger partial charge in [-0.05, 0) is 25.8 Å². The molecule has 3 nitrogen and oxygen atoms in total. The van der Waals surface area contributed by atoms with Gasteiger partial charge in [0.05, 0.1) is 6.10 Å². The Morgan fingerprint density at radius 1 is 1.13 bits per heavy atom. The van der Waals surface area contributed by atoms with E-state index in [9.17, 15) is 0 Å². The summed E-state index contributed by atoms with van der Waals surface area (Å²) in [6.07, 6.45) is 4.38. The molecule has 0 aromatic heterocycles. The van der Waals surface area contributed by atoms with E-state index in [4.69, 9.17) is 4.74 Å². The van der Waals surface area contributed by atoms with Crippen LogP contribution in [0, 0.1) is 0 Å². The van der Waals surface area contributed by atoms with Gasteiger partial charge in [-0.3, -0.25) is 4.90 Å². The maximum absolute atomic E-state index is 5.44. The van der Waals surface area contributed by atoms with Crippen molar-refractivity contribution < 1.29 is 4.74 Å². The quantitative estimate of drug-likeness (QED) is 0.699. The molecule has 2 atom stereocenters. The summed E-state index contributed by atoms with van der Waals surface area (Å²) >= 11 is 0. The molecule has 0 aromatic carbocycles. The Hall–Kier alpha value is -0.120. The number of ether oxygens (including phenoxy) is 1. The van der Waals surface area contributed by atoms with Gasteiger partial charge in [0.15, 0.2) is 0 Å². The first kappa shape index (κ1) is 11.4. The van der Waals surface area contributed by atoms with Crippen molar-refractivity contribution in [3.05, 3.63) is 0 Å². The van der Waals surface area contributed by atoms with Crippen LogP contribution in [0.5, 0.6) is 0 Å². The van der Waals surface area contributed by atoms with E-state index >= 15 is 0 Å². The zero-order chi connectivity index (χ0) is 10.7. The molecule has 2 unspecified atom stereocenters. The average molecular weight is 212 g/mol. The summed E-state index contributed by atoms with van der Waals surface area (Å²) in [4.78, 5) is 5.21. The van der Waals surface area contributed by atoms with Gasteiger partial charge in [0.2, 0.25) is 0 Å². The fourth-order valence-electron chi connectivity index (χ4n) is 2.91. The summed E-state index contributed by atoms with van der Waals surface area (Å²) < 4.78 is 5.44. The number of hydrogen-bond donors (Lipinski definition) is 0. The van der Waals surface area contributed by atoms with Crippen LogP contribution < -0.4 is 0 Å². The van der Waals surface area contributed by atoms with Gasteiger partial charge in [-0.2, -0.15) is 0 Å². The van der Waals surface area contributed by atoms with E-state index in [1.165, 1.54) is 52.0 Å². The maximum atomic E-state index is 5.44. The molecule has 0 amide bonds. The molecule has 1 heterocycles. The molecule has 1 saturated carbocycles. The standard InChI is InChI=1S/C12H24N2O/c1-3-13-6-8-14(9-7-13)11-4-5-12(10-11)15-2/h11-12H,3-10H2,1-2H3. The Kier molecular flexibility index (Phi) is 4.00. The molecule has 0 radical (unpaired) electrons. The van der Waals surface area contributed by atoms with Crippen LogP contribution in [0.3, 0.4) is 0 Å². The number of likely N-dealkylation sites (N-methyl/N-ethyl adjacent to an activating group) is 1. The van der Waals surface area contributed by atoms with Gasteiger partial charge < -0.3 is 9.64 Å². The zero-order valence-electron chi connectivity index (χ0n) is 10.1. The van der Waals surface area contributed by atoms with Crippen molar-refractivity contribution >= 4 is 0 Å². The van der Waals surface area contributed by atoms with E-state index in [1.54, 1.807) is 0 Å². The normalized spacial score (nSPS) is 34.8. The molecule has 1 aliphatic heterocycles. The molecule has 2 fully saturated rings. The van der Waals surface area contributed by atoms with Crippen LogP contribution in [0.4, 0.5) is 0 Å². The lowest BCUT2D eigenvalue weighted by atomic mass is 10.2. The van der Waals surface area contributed by atoms with E-state index in [-0.39, 0.29) is 0 Å². The van der Waals surface area contributed by atoms with Crippen molar-refractivity contribution in [3.63, 3.8) is 0 Å². The molecule has 88 valence electrons. The third-order valence-electron chi connectivity index (χ3n) is 4.06. The van der Waals surface area contributed by atoms with E-state index in [2.05, 4.69) is 16.7 Å². The largest absolute Gasteiger partial charge is 0.381 e. The van der Waals surface area contributed by atoms with Gasteiger partial charge in [-0.15, -0.1) is 0 Å². The van der Waals surface area contributed by atoms with Gasteiger partial charge >= 0.3 is 0 Å². The topological polar surface area (TPSA) is 15.7 Å². The molecule has 3 heteroatoms. The monoisotopic (exact) mass is 212 g/mol. The minimum Gasteiger partial charge on any atom is -0.381 e. The number of nitrogens with zero attached hydrogens (tertiary/aromatic N) is 2. The fraction of sp³-hybridized carbons (Fsp3) is 1.00. The summed E-state index contributed by atoms with van der Waals surface area (Å²) in [6, 6.07) is 0.800. The minimum atomic E-state index is 0.527. The van der Waals surface area contributed by atoms with Gasteiger partial charge in [0.1, 0.15) is 0 Å². The molecule has 0 N–H and O–H groups in total. The molecule has 0 bridgehead atoms. The maximum Gasteiger partial charge on any atom is 0.0586 e. The molecule has 0 aromatic rings. The van der Waals surface area contributed by atoms with Crippen LogP contribution in [0.1, 0.15) is 26.2 Å². The highest BCUT2D eigenvalue weighted by atomic mass is 16.5. The first-order chi connectivity index (χ1) is 7.33. The van der Waals surface area contributed by atoms with E-state index < -0.39 is 0 Å². The fourth-order valence-corrected chi connectivity index (χ4v) is 2.91. The van der Waals surface area contributed by atoms with Gasteiger partial charge in [0, 0.05) is 39.3 Å². The van der Waals surface area contributed by atoms with Crippen molar-refractivity contribution in [3.8, 4) is 0 Å². The van der Waals surface area contributed by atoms with Gasteiger partial charge in [0.25, 0.3) is 0 Å². The molecule has 0 spiro atoms. The Morgan fingerprint density at radius 3 is 2.40 bits per heavy atom. The van der Waals surface area contributed by atoms with Crippen molar-refractivity contribution in [2.75, 3.05) is 39.8 Å². The molecule has 15 heavy (non-hydrogen) atoms. The highest BCUT2D eigenvalue weighted by Crippen LogP contribution is 2.26. The highest BCUT2D eigenvalue weighted by Gasteiger charge is 2.30. The number of piperazine rings is 1. The smallest absolute Gasteiger partial charge is 0.0586 e. The third-order valence-corrected chi connectivity index (χ3v) is 4.06. The Balaban J connectivity index is 1.76. The molecular formula is C12H24N2O. The Bertz CT molecular complexity index is 190. The van der Waals surface area contributed by atoms with E-state index in [1.807, 2.05) is 7.11 Å². The lowest BCUT2D eigenvalue weighted by Crippen LogP contribution is -2.49.